The SMILES string of the molecule is Cc1c(-c2cc3cc(NC(=O)NC4CC(=O)N(C)C4)ncc3c(N)c2F)cnc2c1NCCC2. The Morgan fingerprint density at radius 3 is 2.85 bits per heavy atom. The number of nitrogens with one attached hydrogen (secondary N) is 3. The van der Waals surface area contributed by atoms with Gasteiger partial charge in [0.15, 0.2) is 5.82 Å². The van der Waals surface area contributed by atoms with E-state index in [9.17, 15) is 9.59 Å². The maximum Gasteiger partial charge on any atom is 0.320 e. The van der Waals surface area contributed by atoms with E-state index >= 15 is 4.39 Å². The van der Waals surface area contributed by atoms with Crippen LogP contribution >= 0.6 is 0 Å². The van der Waals surface area contributed by atoms with Crippen molar-refractivity contribution in [2.45, 2.75) is 32.2 Å². The zero-order chi connectivity index (χ0) is 24.0. The van der Waals surface area contributed by atoms with Crippen LogP contribution in [0.3, 0.4) is 0 Å². The second-order valence-corrected chi connectivity index (χ2v) is 8.87. The van der Waals surface area contributed by atoms with Gasteiger partial charge in [-0.1, -0.05) is 0 Å². The third kappa shape index (κ3) is 3.85. The molecule has 0 radical (unpaired) electrons. The minimum Gasteiger partial charge on any atom is -0.396 e. The number of halogens is 1. The molecule has 1 atom stereocenters. The average Bonchev–Trinajstić information content (AvgIpc) is 3.13. The number of rotatable bonds is 3. The van der Waals surface area contributed by atoms with E-state index in [1.807, 2.05) is 6.92 Å². The molecule has 2 aliphatic heterocycles. The summed E-state index contributed by atoms with van der Waals surface area (Å²) >= 11 is 0. The van der Waals surface area contributed by atoms with Crippen molar-refractivity contribution >= 4 is 39.9 Å². The lowest BCUT2D eigenvalue weighted by Gasteiger charge is -2.21. The summed E-state index contributed by atoms with van der Waals surface area (Å²) in [5, 5.41) is 9.93. The van der Waals surface area contributed by atoms with Crippen LogP contribution in [-0.4, -0.2) is 53.0 Å². The molecule has 2 aromatic heterocycles. The maximum absolute atomic E-state index is 15.3. The van der Waals surface area contributed by atoms with Gasteiger partial charge in [-0.15, -0.1) is 0 Å². The molecule has 5 rings (SSSR count). The number of urea groups is 1. The van der Waals surface area contributed by atoms with Crippen molar-refractivity contribution in [2.75, 3.05) is 36.5 Å². The number of amides is 3. The van der Waals surface area contributed by atoms with Crippen LogP contribution in [0, 0.1) is 12.7 Å². The molecule has 10 heteroatoms. The highest BCUT2D eigenvalue weighted by atomic mass is 19.1. The number of carbonyl (C=O) groups is 2. The van der Waals surface area contributed by atoms with E-state index < -0.39 is 11.8 Å². The fourth-order valence-corrected chi connectivity index (χ4v) is 4.68. The quantitative estimate of drug-likeness (QED) is 0.443. The molecule has 176 valence electrons. The number of likely N-dealkylation sites (N-methyl/N-ethyl adjacent to an activating group) is 1. The summed E-state index contributed by atoms with van der Waals surface area (Å²) in [6, 6.07) is 2.63. The van der Waals surface area contributed by atoms with Crippen molar-refractivity contribution in [1.82, 2.24) is 20.2 Å². The van der Waals surface area contributed by atoms with Crippen molar-refractivity contribution < 1.29 is 14.0 Å². The van der Waals surface area contributed by atoms with Crippen molar-refractivity contribution in [2.24, 2.45) is 0 Å². The van der Waals surface area contributed by atoms with Crippen LogP contribution in [0.1, 0.15) is 24.1 Å². The van der Waals surface area contributed by atoms with Gasteiger partial charge in [-0.05, 0) is 42.8 Å². The minimum atomic E-state index is -0.525. The Balaban J connectivity index is 1.46. The summed E-state index contributed by atoms with van der Waals surface area (Å²) in [5.74, 6) is -0.244. The monoisotopic (exact) mass is 463 g/mol. The first kappa shape index (κ1) is 21.9. The second kappa shape index (κ2) is 8.44. The van der Waals surface area contributed by atoms with Gasteiger partial charge in [-0.2, -0.15) is 0 Å². The molecule has 1 aromatic carbocycles. The van der Waals surface area contributed by atoms with Crippen LogP contribution in [0.25, 0.3) is 21.9 Å². The largest absolute Gasteiger partial charge is 0.396 e. The average molecular weight is 464 g/mol. The number of nitrogen functional groups attached to an aromatic ring is 1. The fourth-order valence-electron chi connectivity index (χ4n) is 4.68. The first-order chi connectivity index (χ1) is 16.3. The van der Waals surface area contributed by atoms with Gasteiger partial charge < -0.3 is 21.3 Å². The highest BCUT2D eigenvalue weighted by Crippen LogP contribution is 2.38. The number of likely N-dealkylation sites (tertiary alicyclic amines) is 1. The number of nitrogens with zero attached hydrogens (tertiary/aromatic N) is 3. The number of aryl methyl sites for hydroxylation is 1. The zero-order valence-corrected chi connectivity index (χ0v) is 19.0. The number of fused-ring (bicyclic) bond motifs is 2. The van der Waals surface area contributed by atoms with Crippen molar-refractivity contribution in [3.8, 4) is 11.1 Å². The molecule has 0 bridgehead atoms. The smallest absolute Gasteiger partial charge is 0.320 e. The number of pyridine rings is 2. The van der Waals surface area contributed by atoms with Gasteiger partial charge in [0, 0.05) is 55.5 Å². The number of hydrogen-bond acceptors (Lipinski definition) is 6. The number of aromatic nitrogens is 2. The molecule has 5 N–H and O–H groups in total. The Labute approximate surface area is 195 Å². The first-order valence-corrected chi connectivity index (χ1v) is 11.2. The van der Waals surface area contributed by atoms with E-state index in [2.05, 4.69) is 25.9 Å². The maximum atomic E-state index is 15.3. The molecule has 0 saturated carbocycles. The zero-order valence-electron chi connectivity index (χ0n) is 19.0. The fraction of sp³-hybridized carbons (Fsp3) is 0.333. The first-order valence-electron chi connectivity index (χ1n) is 11.2. The Kier molecular flexibility index (Phi) is 5.43. The van der Waals surface area contributed by atoms with Gasteiger partial charge >= 0.3 is 6.03 Å². The summed E-state index contributed by atoms with van der Waals surface area (Å²) in [6.45, 7) is 3.26. The molecule has 1 fully saturated rings. The van der Waals surface area contributed by atoms with Gasteiger partial charge in [0.2, 0.25) is 5.91 Å². The molecular formula is C24H26FN7O2. The molecule has 1 unspecified atom stereocenters. The highest BCUT2D eigenvalue weighted by Gasteiger charge is 2.28. The normalized spacial score (nSPS) is 17.4. The Bertz CT molecular complexity index is 1330. The summed E-state index contributed by atoms with van der Waals surface area (Å²) in [6.07, 6.45) is 5.30. The number of benzene rings is 1. The predicted molar refractivity (Wildman–Crippen MR) is 129 cm³/mol. The van der Waals surface area contributed by atoms with Crippen LogP contribution in [-0.2, 0) is 11.2 Å². The van der Waals surface area contributed by atoms with Crippen LogP contribution in [0.15, 0.2) is 24.5 Å². The van der Waals surface area contributed by atoms with Crippen LogP contribution in [0.4, 0.5) is 26.4 Å². The van der Waals surface area contributed by atoms with E-state index in [0.29, 0.717) is 34.3 Å². The third-order valence-electron chi connectivity index (χ3n) is 6.52. The Morgan fingerprint density at radius 1 is 1.26 bits per heavy atom. The van der Waals surface area contributed by atoms with E-state index in [-0.39, 0.29) is 24.1 Å². The summed E-state index contributed by atoms with van der Waals surface area (Å²) in [7, 11) is 1.70. The molecule has 4 heterocycles. The molecule has 0 aliphatic carbocycles. The van der Waals surface area contributed by atoms with E-state index in [4.69, 9.17) is 5.73 Å². The van der Waals surface area contributed by atoms with Crippen molar-refractivity contribution in [3.05, 3.63) is 41.6 Å². The summed E-state index contributed by atoms with van der Waals surface area (Å²) in [4.78, 5) is 34.4. The van der Waals surface area contributed by atoms with Gasteiger partial charge in [0.05, 0.1) is 23.1 Å². The third-order valence-corrected chi connectivity index (χ3v) is 6.52. The number of hydrogen-bond donors (Lipinski definition) is 4. The van der Waals surface area contributed by atoms with Crippen LogP contribution in [0.5, 0.6) is 0 Å². The van der Waals surface area contributed by atoms with E-state index in [0.717, 1.165) is 36.3 Å². The lowest BCUT2D eigenvalue weighted by Crippen LogP contribution is -2.39. The summed E-state index contributed by atoms with van der Waals surface area (Å²) < 4.78 is 15.3. The molecular weight excluding hydrogens is 437 g/mol. The Morgan fingerprint density at radius 2 is 2.09 bits per heavy atom. The number of nitrogens with two attached hydrogens (primary N) is 1. The molecule has 2 aliphatic rings. The van der Waals surface area contributed by atoms with Crippen LogP contribution in [0.2, 0.25) is 0 Å². The minimum absolute atomic E-state index is 0.00594. The van der Waals surface area contributed by atoms with Gasteiger partial charge in [0.25, 0.3) is 0 Å². The number of carbonyl (C=O) groups excluding carboxylic acids is 2. The van der Waals surface area contributed by atoms with Gasteiger partial charge in [-0.25, -0.2) is 14.2 Å². The summed E-state index contributed by atoms with van der Waals surface area (Å²) in [5.41, 5.74) is 10.0. The predicted octanol–water partition coefficient (Wildman–Crippen LogP) is 3.04. The van der Waals surface area contributed by atoms with Crippen LogP contribution < -0.4 is 21.7 Å². The topological polar surface area (TPSA) is 125 Å². The molecule has 3 aromatic rings. The van der Waals surface area contributed by atoms with Gasteiger partial charge in [0.1, 0.15) is 5.82 Å². The molecule has 0 spiro atoms. The lowest BCUT2D eigenvalue weighted by molar-refractivity contribution is -0.126. The van der Waals surface area contributed by atoms with Gasteiger partial charge in [-0.3, -0.25) is 15.1 Å². The van der Waals surface area contributed by atoms with E-state index in [1.54, 1.807) is 30.3 Å². The van der Waals surface area contributed by atoms with Crippen molar-refractivity contribution in [1.29, 1.82) is 0 Å². The molecule has 9 nitrogen and oxygen atoms in total. The second-order valence-electron chi connectivity index (χ2n) is 8.87. The Hall–Kier alpha value is -3.95. The number of anilines is 3. The molecule has 3 amide bonds. The highest BCUT2D eigenvalue weighted by molar-refractivity contribution is 6.00. The lowest BCUT2D eigenvalue weighted by atomic mass is 9.95. The molecule has 1 saturated heterocycles. The standard InChI is InChI=1S/C24H26FN7O2/c1-12-16(9-28-18-4-3-5-27-23(12)18)15-6-13-7-19(29-10-17(13)22(26)21(15)25)31-24(34)30-14-8-20(33)32(2)11-14/h6-7,9-10,14,27H,3-5,8,11,26H2,1-2H3,(H2,29,30,31,34). The van der Waals surface area contributed by atoms with E-state index in [1.165, 1.54) is 6.20 Å². The molecule has 34 heavy (non-hydrogen) atoms. The van der Waals surface area contributed by atoms with Crippen molar-refractivity contribution in [3.63, 3.8) is 0 Å².